The molecule has 0 radical (unpaired) electrons. The Balaban J connectivity index is 1.90. The van der Waals surface area contributed by atoms with Crippen molar-refractivity contribution in [3.05, 3.63) is 70.7 Å². The Labute approximate surface area is 168 Å². The molecule has 1 N–H and O–H groups in total. The van der Waals surface area contributed by atoms with Gasteiger partial charge >= 0.3 is 6.09 Å². The van der Waals surface area contributed by atoms with E-state index in [4.69, 9.17) is 22.8 Å². The van der Waals surface area contributed by atoms with E-state index in [1.807, 2.05) is 30.3 Å². The highest BCUT2D eigenvalue weighted by Gasteiger charge is 2.43. The Kier molecular flexibility index (Phi) is 6.35. The van der Waals surface area contributed by atoms with E-state index in [-0.39, 0.29) is 13.0 Å². The van der Waals surface area contributed by atoms with Crippen LogP contribution in [0.5, 0.6) is 0 Å². The third-order valence-corrected chi connectivity index (χ3v) is 5.06. The Hall–Kier alpha value is -2.81. The van der Waals surface area contributed by atoms with Crippen molar-refractivity contribution in [1.29, 1.82) is 0 Å². The Morgan fingerprint density at radius 3 is 2.57 bits per heavy atom. The monoisotopic (exact) mass is 397 g/mol. The van der Waals surface area contributed by atoms with Crippen LogP contribution in [0.25, 0.3) is 0 Å². The normalized spacial score (nSPS) is 18.2. The molecular formula is C22H20ClNO4. The lowest BCUT2D eigenvalue weighted by Gasteiger charge is -2.28. The van der Waals surface area contributed by atoms with Gasteiger partial charge in [0.2, 0.25) is 5.91 Å². The van der Waals surface area contributed by atoms with Gasteiger partial charge in [-0.1, -0.05) is 54.1 Å². The maximum atomic E-state index is 13.3. The van der Waals surface area contributed by atoms with Gasteiger partial charge in [0, 0.05) is 11.4 Å². The average molecular weight is 398 g/mol. The highest BCUT2D eigenvalue weighted by atomic mass is 35.5. The molecule has 0 aromatic heterocycles. The molecule has 28 heavy (non-hydrogen) atoms. The summed E-state index contributed by atoms with van der Waals surface area (Å²) >= 11 is 5.91. The van der Waals surface area contributed by atoms with Gasteiger partial charge in [0.1, 0.15) is 12.6 Å². The summed E-state index contributed by atoms with van der Waals surface area (Å²) in [7, 11) is 0. The molecule has 144 valence electrons. The standard InChI is InChI=1S/C22H20ClNO4/c1-2-3-9-18(20(25)16-10-12-17(23)13-11-16)21(26)24-19(14-28-22(24)27)15-7-5-4-6-8-15/h1,4-8,10-13,18-20,25H,3,9,14H2/t18?,19?,20-/m1/s1. The lowest BCUT2D eigenvalue weighted by molar-refractivity contribution is -0.137. The number of ether oxygens (including phenoxy) is 1. The highest BCUT2D eigenvalue weighted by Crippen LogP contribution is 2.34. The van der Waals surface area contributed by atoms with Gasteiger partial charge in [0.25, 0.3) is 0 Å². The van der Waals surface area contributed by atoms with Crippen LogP contribution in [-0.2, 0) is 9.53 Å². The molecule has 0 aliphatic carbocycles. The van der Waals surface area contributed by atoms with E-state index in [0.717, 1.165) is 10.5 Å². The predicted octanol–water partition coefficient (Wildman–Crippen LogP) is 4.12. The van der Waals surface area contributed by atoms with Gasteiger partial charge in [-0.2, -0.15) is 0 Å². The van der Waals surface area contributed by atoms with E-state index >= 15 is 0 Å². The summed E-state index contributed by atoms with van der Waals surface area (Å²) in [6.07, 6.45) is 4.06. The number of hydrogen-bond acceptors (Lipinski definition) is 4. The first-order chi connectivity index (χ1) is 13.5. The zero-order chi connectivity index (χ0) is 20.1. The van der Waals surface area contributed by atoms with Crippen LogP contribution in [0.15, 0.2) is 54.6 Å². The third-order valence-electron chi connectivity index (χ3n) is 4.80. The molecule has 2 unspecified atom stereocenters. The summed E-state index contributed by atoms with van der Waals surface area (Å²) in [5.74, 6) is 1.11. The zero-order valence-electron chi connectivity index (χ0n) is 15.1. The number of cyclic esters (lactones) is 1. The van der Waals surface area contributed by atoms with Crippen molar-refractivity contribution in [2.75, 3.05) is 6.61 Å². The minimum Gasteiger partial charge on any atom is -0.446 e. The summed E-state index contributed by atoms with van der Waals surface area (Å²) < 4.78 is 5.14. The molecule has 1 aliphatic rings. The molecule has 3 atom stereocenters. The molecule has 2 aromatic carbocycles. The van der Waals surface area contributed by atoms with E-state index < -0.39 is 30.1 Å². The fourth-order valence-corrected chi connectivity index (χ4v) is 3.44. The van der Waals surface area contributed by atoms with E-state index in [9.17, 15) is 14.7 Å². The van der Waals surface area contributed by atoms with Crippen molar-refractivity contribution >= 4 is 23.6 Å². The first-order valence-electron chi connectivity index (χ1n) is 8.94. The van der Waals surface area contributed by atoms with Crippen LogP contribution in [0.4, 0.5) is 4.79 Å². The molecule has 0 saturated carbocycles. The molecule has 3 rings (SSSR count). The molecule has 2 amide bonds. The van der Waals surface area contributed by atoms with Crippen LogP contribution >= 0.6 is 11.6 Å². The van der Waals surface area contributed by atoms with Gasteiger partial charge < -0.3 is 9.84 Å². The summed E-state index contributed by atoms with van der Waals surface area (Å²) in [6, 6.07) is 15.2. The summed E-state index contributed by atoms with van der Waals surface area (Å²) in [5, 5.41) is 11.4. The van der Waals surface area contributed by atoms with Crippen LogP contribution in [0.3, 0.4) is 0 Å². The minimum absolute atomic E-state index is 0.0769. The number of nitrogens with zero attached hydrogens (tertiary/aromatic N) is 1. The number of imide groups is 1. The maximum absolute atomic E-state index is 13.3. The van der Waals surface area contributed by atoms with Crippen LogP contribution < -0.4 is 0 Å². The fraction of sp³-hybridized carbons (Fsp3) is 0.273. The van der Waals surface area contributed by atoms with Gasteiger partial charge in [-0.3, -0.25) is 4.79 Å². The molecular weight excluding hydrogens is 378 g/mol. The quantitative estimate of drug-likeness (QED) is 0.744. The summed E-state index contributed by atoms with van der Waals surface area (Å²) in [5.41, 5.74) is 1.32. The maximum Gasteiger partial charge on any atom is 0.417 e. The molecule has 2 aromatic rings. The molecule has 1 heterocycles. The van der Waals surface area contributed by atoms with Gasteiger partial charge in [0.15, 0.2) is 0 Å². The van der Waals surface area contributed by atoms with Crippen LogP contribution in [0.2, 0.25) is 5.02 Å². The molecule has 1 aliphatic heterocycles. The number of benzene rings is 2. The van der Waals surface area contributed by atoms with Crippen LogP contribution in [-0.4, -0.2) is 28.6 Å². The van der Waals surface area contributed by atoms with E-state index in [2.05, 4.69) is 5.92 Å². The molecule has 6 heteroatoms. The Morgan fingerprint density at radius 2 is 1.93 bits per heavy atom. The second kappa shape index (κ2) is 8.92. The fourth-order valence-electron chi connectivity index (χ4n) is 3.31. The highest BCUT2D eigenvalue weighted by molar-refractivity contribution is 6.30. The Morgan fingerprint density at radius 1 is 1.25 bits per heavy atom. The molecule has 0 spiro atoms. The molecule has 1 saturated heterocycles. The van der Waals surface area contributed by atoms with Crippen molar-refractivity contribution < 1.29 is 19.4 Å². The lowest BCUT2D eigenvalue weighted by Crippen LogP contribution is -2.40. The minimum atomic E-state index is -1.12. The second-order valence-corrected chi connectivity index (χ2v) is 6.99. The number of aliphatic hydroxyl groups is 1. The first-order valence-corrected chi connectivity index (χ1v) is 9.32. The number of halogens is 1. The lowest BCUT2D eigenvalue weighted by atomic mass is 9.89. The molecule has 0 bridgehead atoms. The zero-order valence-corrected chi connectivity index (χ0v) is 15.9. The number of terminal acetylenes is 1. The topological polar surface area (TPSA) is 66.8 Å². The number of amides is 2. The second-order valence-electron chi connectivity index (χ2n) is 6.56. The van der Waals surface area contributed by atoms with Crippen molar-refractivity contribution in [2.24, 2.45) is 5.92 Å². The number of rotatable bonds is 6. The Bertz CT molecular complexity index is 876. The molecule has 1 fully saturated rings. The predicted molar refractivity (Wildman–Crippen MR) is 105 cm³/mol. The smallest absolute Gasteiger partial charge is 0.417 e. The van der Waals surface area contributed by atoms with E-state index in [0.29, 0.717) is 17.0 Å². The van der Waals surface area contributed by atoms with Crippen molar-refractivity contribution in [3.8, 4) is 12.3 Å². The van der Waals surface area contributed by atoms with Crippen molar-refractivity contribution in [1.82, 2.24) is 4.90 Å². The van der Waals surface area contributed by atoms with Gasteiger partial charge in [-0.15, -0.1) is 12.3 Å². The number of carbonyl (C=O) groups is 2. The van der Waals surface area contributed by atoms with Gasteiger partial charge in [-0.05, 0) is 29.7 Å². The molecule has 5 nitrogen and oxygen atoms in total. The number of carbonyl (C=O) groups excluding carboxylic acids is 2. The van der Waals surface area contributed by atoms with Crippen molar-refractivity contribution in [3.63, 3.8) is 0 Å². The summed E-state index contributed by atoms with van der Waals surface area (Å²) in [4.78, 5) is 26.7. The largest absolute Gasteiger partial charge is 0.446 e. The van der Waals surface area contributed by atoms with Gasteiger partial charge in [0.05, 0.1) is 12.0 Å². The first kappa shape index (κ1) is 19.9. The third kappa shape index (κ3) is 4.19. The average Bonchev–Trinajstić information content (AvgIpc) is 3.10. The van der Waals surface area contributed by atoms with Crippen LogP contribution in [0, 0.1) is 18.3 Å². The SMILES string of the molecule is C#CCCC(C(=O)N1C(=O)OCC1c1ccccc1)[C@H](O)c1ccc(Cl)cc1. The number of aliphatic hydroxyl groups excluding tert-OH is 1. The summed E-state index contributed by atoms with van der Waals surface area (Å²) in [6.45, 7) is 0.0769. The van der Waals surface area contributed by atoms with Crippen molar-refractivity contribution in [2.45, 2.75) is 25.0 Å². The van der Waals surface area contributed by atoms with Crippen LogP contribution in [0.1, 0.15) is 36.1 Å². The van der Waals surface area contributed by atoms with E-state index in [1.165, 1.54) is 0 Å². The number of hydrogen-bond donors (Lipinski definition) is 1. The van der Waals surface area contributed by atoms with Gasteiger partial charge in [-0.25, -0.2) is 9.69 Å². The van der Waals surface area contributed by atoms with E-state index in [1.54, 1.807) is 24.3 Å².